The first-order valence-electron chi connectivity index (χ1n) is 13.7. The van der Waals surface area contributed by atoms with Gasteiger partial charge in [0.05, 0.1) is 12.7 Å². The number of nitrogen functional groups attached to an aromatic ring is 1. The number of hydrogen-bond donors (Lipinski definition) is 3. The molecule has 1 saturated heterocycles. The van der Waals surface area contributed by atoms with Crippen molar-refractivity contribution < 1.29 is 8.78 Å². The summed E-state index contributed by atoms with van der Waals surface area (Å²) in [5.41, 5.74) is 11.6. The molecule has 0 radical (unpaired) electrons. The Kier molecular flexibility index (Phi) is 7.61. The summed E-state index contributed by atoms with van der Waals surface area (Å²) in [4.78, 5) is 4.66. The number of benzene rings is 1. The molecule has 2 fully saturated rings. The van der Waals surface area contributed by atoms with Crippen LogP contribution in [0.4, 0.5) is 14.5 Å². The van der Waals surface area contributed by atoms with E-state index in [1.807, 2.05) is 6.07 Å². The van der Waals surface area contributed by atoms with E-state index in [0.29, 0.717) is 43.6 Å². The lowest BCUT2D eigenvalue weighted by Gasteiger charge is -2.43. The van der Waals surface area contributed by atoms with Gasteiger partial charge in [0.2, 0.25) is 0 Å². The molecule has 4 aliphatic rings. The molecule has 7 heteroatoms. The molecule has 0 bridgehead atoms. The van der Waals surface area contributed by atoms with Crippen LogP contribution in [0.15, 0.2) is 35.4 Å². The Morgan fingerprint density at radius 2 is 2.08 bits per heavy atom. The number of nitrogens with one attached hydrogen (secondary N) is 2. The smallest absolute Gasteiger partial charge is 0.123 e. The first kappa shape index (κ1) is 25.6. The number of rotatable bonds is 11. The Morgan fingerprint density at radius 3 is 2.78 bits per heavy atom. The van der Waals surface area contributed by atoms with Crippen molar-refractivity contribution in [2.24, 2.45) is 0 Å². The van der Waals surface area contributed by atoms with Gasteiger partial charge in [0, 0.05) is 62.3 Å². The van der Waals surface area contributed by atoms with E-state index in [2.05, 4.69) is 40.3 Å². The van der Waals surface area contributed by atoms with Gasteiger partial charge in [-0.05, 0) is 66.9 Å². The first-order valence-corrected chi connectivity index (χ1v) is 13.7. The van der Waals surface area contributed by atoms with Crippen LogP contribution in [0.1, 0.15) is 68.2 Å². The van der Waals surface area contributed by atoms with E-state index in [1.165, 1.54) is 22.9 Å². The topological polar surface area (TPSA) is 68.4 Å². The van der Waals surface area contributed by atoms with Crippen LogP contribution in [-0.2, 0) is 6.42 Å². The maximum absolute atomic E-state index is 15.0. The standard InChI is InChI=1S/C29H41F2N5/c1-2-4-20-15-21(34-22-17-35(18-22)13-3-12-30)5-6-23(20)28-25-7-8-27(33)26(16-32)24(25)9-14-36(28)19-29(31)10-11-29/h6-8,15-16,21-22,28,32,34H,2-5,9-14,17-19,33H2,1H3. The van der Waals surface area contributed by atoms with Crippen LogP contribution in [0.5, 0.6) is 0 Å². The summed E-state index contributed by atoms with van der Waals surface area (Å²) < 4.78 is 27.5. The summed E-state index contributed by atoms with van der Waals surface area (Å²) in [6, 6.07) is 4.77. The third-order valence-electron chi connectivity index (χ3n) is 8.35. The highest BCUT2D eigenvalue weighted by molar-refractivity contribution is 5.88. The molecule has 1 aromatic rings. The van der Waals surface area contributed by atoms with Crippen LogP contribution < -0.4 is 11.1 Å². The van der Waals surface area contributed by atoms with Crippen molar-refractivity contribution in [3.05, 3.63) is 52.1 Å². The van der Waals surface area contributed by atoms with Gasteiger partial charge in [0.1, 0.15) is 5.67 Å². The second-order valence-electron chi connectivity index (χ2n) is 11.2. The molecule has 2 heterocycles. The Balaban J connectivity index is 1.39. The lowest BCUT2D eigenvalue weighted by molar-refractivity contribution is 0.117. The maximum atomic E-state index is 15.0. The average Bonchev–Trinajstić information content (AvgIpc) is 3.57. The van der Waals surface area contributed by atoms with Crippen LogP contribution in [0.3, 0.4) is 0 Å². The van der Waals surface area contributed by atoms with Crippen molar-refractivity contribution in [2.75, 3.05) is 45.1 Å². The average molecular weight is 498 g/mol. The number of nitrogens with zero attached hydrogens (tertiary/aromatic N) is 2. The van der Waals surface area contributed by atoms with E-state index in [0.717, 1.165) is 63.0 Å². The molecule has 4 N–H and O–H groups in total. The van der Waals surface area contributed by atoms with Crippen LogP contribution in [0, 0.1) is 5.41 Å². The number of fused-ring (bicyclic) bond motifs is 1. The zero-order valence-electron chi connectivity index (χ0n) is 21.5. The highest BCUT2D eigenvalue weighted by atomic mass is 19.1. The van der Waals surface area contributed by atoms with Crippen molar-refractivity contribution in [1.29, 1.82) is 5.41 Å². The normalized spacial score (nSPS) is 26.1. The largest absolute Gasteiger partial charge is 0.398 e. The number of likely N-dealkylation sites (tertiary alicyclic amines) is 1. The molecular weight excluding hydrogens is 456 g/mol. The Labute approximate surface area is 214 Å². The number of halogens is 2. The molecule has 2 aliphatic heterocycles. The van der Waals surface area contributed by atoms with E-state index in [1.54, 1.807) is 0 Å². The second kappa shape index (κ2) is 10.7. The molecule has 1 aromatic carbocycles. The monoisotopic (exact) mass is 497 g/mol. The Hall–Kier alpha value is -2.09. The van der Waals surface area contributed by atoms with E-state index in [9.17, 15) is 4.39 Å². The minimum absolute atomic E-state index is 0.0000741. The number of nitrogens with two attached hydrogens (primary N) is 1. The number of hydrogen-bond acceptors (Lipinski definition) is 5. The summed E-state index contributed by atoms with van der Waals surface area (Å²) in [6.07, 6.45) is 11.9. The van der Waals surface area contributed by atoms with Gasteiger partial charge in [-0.2, -0.15) is 0 Å². The summed E-state index contributed by atoms with van der Waals surface area (Å²) in [6.45, 7) is 6.04. The molecule has 0 aromatic heterocycles. The molecule has 0 spiro atoms. The lowest BCUT2D eigenvalue weighted by atomic mass is 9.79. The number of alkyl halides is 2. The second-order valence-corrected chi connectivity index (χ2v) is 11.2. The van der Waals surface area contributed by atoms with Crippen LogP contribution >= 0.6 is 0 Å². The fourth-order valence-electron chi connectivity index (χ4n) is 6.32. The SMILES string of the molecule is CCCC1=CC(NC2CN(CCCF)C2)CC=C1C1c2ccc(N)c(C=N)c2CCN1CC1(F)CC1. The van der Waals surface area contributed by atoms with E-state index in [4.69, 9.17) is 11.1 Å². The van der Waals surface area contributed by atoms with Gasteiger partial charge in [-0.3, -0.25) is 9.29 Å². The summed E-state index contributed by atoms with van der Waals surface area (Å²) >= 11 is 0. The first-order chi connectivity index (χ1) is 17.4. The zero-order chi connectivity index (χ0) is 25.3. The van der Waals surface area contributed by atoms with Crippen LogP contribution in [0.2, 0.25) is 0 Å². The molecule has 0 amide bonds. The van der Waals surface area contributed by atoms with Crippen molar-refractivity contribution >= 4 is 11.9 Å². The lowest BCUT2D eigenvalue weighted by Crippen LogP contribution is -2.60. The minimum atomic E-state index is -1.06. The van der Waals surface area contributed by atoms with Gasteiger partial charge in [0.15, 0.2) is 0 Å². The third-order valence-corrected chi connectivity index (χ3v) is 8.35. The highest BCUT2D eigenvalue weighted by Gasteiger charge is 2.47. The van der Waals surface area contributed by atoms with Crippen molar-refractivity contribution in [3.8, 4) is 0 Å². The minimum Gasteiger partial charge on any atom is -0.398 e. The molecule has 5 nitrogen and oxygen atoms in total. The number of anilines is 1. The van der Waals surface area contributed by atoms with E-state index in [-0.39, 0.29) is 12.7 Å². The third kappa shape index (κ3) is 5.29. The van der Waals surface area contributed by atoms with E-state index >= 15 is 4.39 Å². The van der Waals surface area contributed by atoms with Crippen molar-refractivity contribution in [3.63, 3.8) is 0 Å². The zero-order valence-corrected chi connectivity index (χ0v) is 21.5. The van der Waals surface area contributed by atoms with E-state index < -0.39 is 5.67 Å². The summed E-state index contributed by atoms with van der Waals surface area (Å²) in [5.74, 6) is 0. The van der Waals surface area contributed by atoms with Gasteiger partial charge in [-0.1, -0.05) is 31.6 Å². The molecule has 196 valence electrons. The van der Waals surface area contributed by atoms with Gasteiger partial charge in [-0.15, -0.1) is 0 Å². The summed E-state index contributed by atoms with van der Waals surface area (Å²) in [7, 11) is 0. The highest BCUT2D eigenvalue weighted by Crippen LogP contribution is 2.47. The Bertz CT molecular complexity index is 1020. The van der Waals surface area contributed by atoms with Crippen LogP contribution in [-0.4, -0.2) is 73.2 Å². The van der Waals surface area contributed by atoms with Crippen molar-refractivity contribution in [1.82, 2.24) is 15.1 Å². The van der Waals surface area contributed by atoms with Gasteiger partial charge >= 0.3 is 0 Å². The molecule has 1 saturated carbocycles. The predicted molar refractivity (Wildman–Crippen MR) is 143 cm³/mol. The molecule has 36 heavy (non-hydrogen) atoms. The Morgan fingerprint density at radius 1 is 1.28 bits per heavy atom. The van der Waals surface area contributed by atoms with Crippen LogP contribution in [0.25, 0.3) is 0 Å². The fraction of sp³-hybridized carbons (Fsp3) is 0.621. The van der Waals surface area contributed by atoms with Crippen molar-refractivity contribution in [2.45, 2.75) is 75.7 Å². The van der Waals surface area contributed by atoms with Gasteiger partial charge in [0.25, 0.3) is 0 Å². The fourth-order valence-corrected chi connectivity index (χ4v) is 6.32. The maximum Gasteiger partial charge on any atom is 0.123 e. The van der Waals surface area contributed by atoms with Gasteiger partial charge < -0.3 is 21.4 Å². The molecule has 2 unspecified atom stereocenters. The molecule has 2 atom stereocenters. The summed E-state index contributed by atoms with van der Waals surface area (Å²) in [5, 5.41) is 11.8. The molecule has 5 rings (SSSR count). The molecular formula is C29H41F2N5. The quantitative estimate of drug-likeness (QED) is 0.306. The van der Waals surface area contributed by atoms with Gasteiger partial charge in [-0.25, -0.2) is 4.39 Å². The predicted octanol–water partition coefficient (Wildman–Crippen LogP) is 4.73. The molecule has 2 aliphatic carbocycles.